The Bertz CT molecular complexity index is 428. The summed E-state index contributed by atoms with van der Waals surface area (Å²) in [6.45, 7) is 0.337. The number of rotatable bonds is 5. The Labute approximate surface area is 109 Å². The van der Waals surface area contributed by atoms with Gasteiger partial charge in [-0.3, -0.25) is 16.0 Å². The Kier molecular flexibility index (Phi) is 5.50. The van der Waals surface area contributed by atoms with Crippen LogP contribution in [0.15, 0.2) is 12.1 Å². The summed E-state index contributed by atoms with van der Waals surface area (Å²) in [6, 6.07) is 3.51. The summed E-state index contributed by atoms with van der Waals surface area (Å²) in [5.41, 5.74) is 7.52. The number of benzene rings is 1. The maximum atomic E-state index is 8.40. The Morgan fingerprint density at radius 3 is 2.67 bits per heavy atom. The lowest BCUT2D eigenvalue weighted by Gasteiger charge is -2.13. The van der Waals surface area contributed by atoms with Crippen LogP contribution in [0.5, 0.6) is 11.5 Å². The van der Waals surface area contributed by atoms with Crippen LogP contribution in [0.4, 0.5) is 0 Å². The minimum absolute atomic E-state index is 0.272. The van der Waals surface area contributed by atoms with Crippen molar-refractivity contribution >= 4 is 17.6 Å². The Hall–Kier alpha value is -1.70. The highest BCUT2D eigenvalue weighted by molar-refractivity contribution is 6.33. The van der Waals surface area contributed by atoms with Crippen molar-refractivity contribution in [1.29, 1.82) is 5.41 Å². The van der Waals surface area contributed by atoms with E-state index in [4.69, 9.17) is 31.7 Å². The number of ether oxygens (including phenoxy) is 2. The van der Waals surface area contributed by atoms with Crippen molar-refractivity contribution in [2.24, 2.45) is 0 Å². The van der Waals surface area contributed by atoms with Gasteiger partial charge in [0.1, 0.15) is 0 Å². The standard InChI is InChI=1S/C10H15ClN4O3/c1-17-7-4-3-6(8(11)9(7)18-2)5-13-14-10(12)15-16/h3-4,13,16H,5H2,1-2H3,(H3,12,14,15). The lowest BCUT2D eigenvalue weighted by molar-refractivity contribution is 0.226. The van der Waals surface area contributed by atoms with E-state index >= 15 is 0 Å². The quantitative estimate of drug-likeness (QED) is 0.310. The first-order valence-corrected chi connectivity index (χ1v) is 5.38. The van der Waals surface area contributed by atoms with E-state index in [1.165, 1.54) is 14.2 Å². The van der Waals surface area contributed by atoms with Crippen molar-refractivity contribution in [3.63, 3.8) is 0 Å². The van der Waals surface area contributed by atoms with Gasteiger partial charge in [0.25, 0.3) is 0 Å². The number of halogens is 1. The van der Waals surface area contributed by atoms with Gasteiger partial charge < -0.3 is 9.47 Å². The molecule has 0 heterocycles. The fraction of sp³-hybridized carbons (Fsp3) is 0.300. The molecule has 0 atom stereocenters. The summed E-state index contributed by atoms with van der Waals surface area (Å²) in [5.74, 6) is 0.726. The average molecular weight is 275 g/mol. The van der Waals surface area contributed by atoms with Crippen LogP contribution in [0.2, 0.25) is 5.02 Å². The van der Waals surface area contributed by atoms with E-state index in [-0.39, 0.29) is 5.96 Å². The Morgan fingerprint density at radius 1 is 1.39 bits per heavy atom. The molecule has 0 fully saturated rings. The van der Waals surface area contributed by atoms with Gasteiger partial charge in [0.2, 0.25) is 5.96 Å². The lowest BCUT2D eigenvalue weighted by Crippen LogP contribution is -2.43. The zero-order valence-electron chi connectivity index (χ0n) is 10.0. The number of hydrogen-bond donors (Lipinski definition) is 5. The molecule has 1 aromatic rings. The zero-order chi connectivity index (χ0) is 13.5. The van der Waals surface area contributed by atoms with Crippen LogP contribution in [0.25, 0.3) is 0 Å². The van der Waals surface area contributed by atoms with E-state index < -0.39 is 0 Å². The largest absolute Gasteiger partial charge is 0.493 e. The molecule has 7 nitrogen and oxygen atoms in total. The molecule has 0 aliphatic rings. The molecule has 0 aliphatic heterocycles. The number of guanidine groups is 1. The highest BCUT2D eigenvalue weighted by atomic mass is 35.5. The maximum Gasteiger partial charge on any atom is 0.227 e. The minimum atomic E-state index is -0.272. The number of hydrogen-bond acceptors (Lipinski definition) is 5. The van der Waals surface area contributed by atoms with Crippen LogP contribution < -0.4 is 25.8 Å². The summed E-state index contributed by atoms with van der Waals surface area (Å²) in [4.78, 5) is 0. The minimum Gasteiger partial charge on any atom is -0.493 e. The van der Waals surface area contributed by atoms with Gasteiger partial charge in [-0.15, -0.1) is 0 Å². The van der Waals surface area contributed by atoms with Gasteiger partial charge in [-0.1, -0.05) is 17.7 Å². The first-order chi connectivity index (χ1) is 8.63. The number of methoxy groups -OCH3 is 2. The Morgan fingerprint density at radius 2 is 2.11 bits per heavy atom. The summed E-state index contributed by atoms with van der Waals surface area (Å²) in [5, 5.41) is 15.9. The third-order valence-corrected chi connectivity index (χ3v) is 2.58. The Balaban J connectivity index is 2.75. The molecule has 100 valence electrons. The molecule has 0 unspecified atom stereocenters. The van der Waals surface area contributed by atoms with Crippen molar-refractivity contribution in [3.8, 4) is 11.5 Å². The summed E-state index contributed by atoms with van der Waals surface area (Å²) in [6.07, 6.45) is 0. The molecule has 0 saturated carbocycles. The van der Waals surface area contributed by atoms with Crippen molar-refractivity contribution in [3.05, 3.63) is 22.7 Å². The number of hydrazine groups is 1. The van der Waals surface area contributed by atoms with Crippen molar-refractivity contribution in [1.82, 2.24) is 16.3 Å². The predicted molar refractivity (Wildman–Crippen MR) is 67.2 cm³/mol. The van der Waals surface area contributed by atoms with Gasteiger partial charge in [0.05, 0.1) is 19.2 Å². The van der Waals surface area contributed by atoms with Crippen LogP contribution in [-0.4, -0.2) is 25.4 Å². The highest BCUT2D eigenvalue weighted by Gasteiger charge is 2.12. The van der Waals surface area contributed by atoms with Crippen LogP contribution in [0, 0.1) is 5.41 Å². The van der Waals surface area contributed by atoms with E-state index in [0.29, 0.717) is 23.1 Å². The molecule has 5 N–H and O–H groups in total. The molecule has 0 amide bonds. The summed E-state index contributed by atoms with van der Waals surface area (Å²) < 4.78 is 10.3. The lowest BCUT2D eigenvalue weighted by atomic mass is 10.2. The molecule has 1 rings (SSSR count). The summed E-state index contributed by atoms with van der Waals surface area (Å²) in [7, 11) is 3.03. The van der Waals surface area contributed by atoms with Crippen LogP contribution >= 0.6 is 11.6 Å². The molecule has 0 bridgehead atoms. The monoisotopic (exact) mass is 274 g/mol. The van der Waals surface area contributed by atoms with Gasteiger partial charge in [0.15, 0.2) is 11.5 Å². The number of nitrogens with one attached hydrogen (secondary N) is 4. The van der Waals surface area contributed by atoms with E-state index in [1.807, 2.05) is 0 Å². The third-order valence-electron chi connectivity index (χ3n) is 2.17. The SMILES string of the molecule is COc1ccc(CNNC(=N)NO)c(Cl)c1OC. The van der Waals surface area contributed by atoms with E-state index in [1.54, 1.807) is 17.6 Å². The molecular weight excluding hydrogens is 260 g/mol. The molecular formula is C10H15ClN4O3. The molecule has 1 aromatic carbocycles. The van der Waals surface area contributed by atoms with Crippen molar-refractivity contribution in [2.45, 2.75) is 6.54 Å². The van der Waals surface area contributed by atoms with E-state index in [0.717, 1.165) is 5.56 Å². The third kappa shape index (κ3) is 3.39. The maximum absolute atomic E-state index is 8.40. The normalized spacial score (nSPS) is 9.78. The first-order valence-electron chi connectivity index (χ1n) is 5.01. The van der Waals surface area contributed by atoms with Gasteiger partial charge in [-0.05, 0) is 11.6 Å². The second-order valence-electron chi connectivity index (χ2n) is 3.24. The molecule has 0 radical (unpaired) electrons. The van der Waals surface area contributed by atoms with Gasteiger partial charge in [-0.2, -0.15) is 0 Å². The van der Waals surface area contributed by atoms with E-state index in [2.05, 4.69) is 10.9 Å². The number of hydroxylamine groups is 1. The van der Waals surface area contributed by atoms with Crippen molar-refractivity contribution < 1.29 is 14.7 Å². The molecule has 0 aliphatic carbocycles. The van der Waals surface area contributed by atoms with Crippen LogP contribution in [0.3, 0.4) is 0 Å². The van der Waals surface area contributed by atoms with Gasteiger partial charge in [-0.25, -0.2) is 10.9 Å². The molecule has 8 heteroatoms. The molecule has 18 heavy (non-hydrogen) atoms. The topological polar surface area (TPSA) is 98.6 Å². The van der Waals surface area contributed by atoms with Crippen LogP contribution in [0.1, 0.15) is 5.56 Å². The predicted octanol–water partition coefficient (Wildman–Crippen LogP) is 0.865. The second-order valence-corrected chi connectivity index (χ2v) is 3.62. The highest BCUT2D eigenvalue weighted by Crippen LogP contribution is 2.37. The molecule has 0 aromatic heterocycles. The average Bonchev–Trinajstić information content (AvgIpc) is 2.39. The van der Waals surface area contributed by atoms with Crippen molar-refractivity contribution in [2.75, 3.05) is 14.2 Å². The fourth-order valence-corrected chi connectivity index (χ4v) is 1.62. The first kappa shape index (κ1) is 14.4. The fourth-order valence-electron chi connectivity index (χ4n) is 1.32. The molecule has 0 saturated heterocycles. The van der Waals surface area contributed by atoms with Crippen LogP contribution in [-0.2, 0) is 6.54 Å². The summed E-state index contributed by atoms with van der Waals surface area (Å²) >= 11 is 6.15. The van der Waals surface area contributed by atoms with E-state index in [9.17, 15) is 0 Å². The smallest absolute Gasteiger partial charge is 0.227 e. The van der Waals surface area contributed by atoms with Gasteiger partial charge >= 0.3 is 0 Å². The second kappa shape index (κ2) is 6.90. The molecule has 0 spiro atoms. The van der Waals surface area contributed by atoms with Gasteiger partial charge in [0, 0.05) is 6.54 Å². The zero-order valence-corrected chi connectivity index (χ0v) is 10.8.